The van der Waals surface area contributed by atoms with E-state index in [0.29, 0.717) is 23.0 Å². The molecule has 24 heteroatoms. The molecule has 0 heterocycles. The highest BCUT2D eigenvalue weighted by atomic mass is 16.6. The number of carboxylic acid groups (broad SMARTS) is 4. The SMILES string of the molecule is O=C(O)c1c([N+](=O)[O-])cc([N+](=O)[O-])c(C(=O)O)c1[N+](=O)[O-].O=C(O)c1cccc(C(=O)O)c1.O=C=O.O=C=O.O=Cc1cc(CO)cc(CO)c1. The fraction of sp³-hybridized carbons (Fsp3) is 0.0741. The van der Waals surface area contributed by atoms with Crippen molar-refractivity contribution < 1.29 is 88.6 Å². The minimum absolute atomic E-state index is 0.0186. The number of hydrogen-bond donors (Lipinski definition) is 6. The first-order valence-corrected chi connectivity index (χ1v) is 12.3. The van der Waals surface area contributed by atoms with Crippen LogP contribution in [0.5, 0.6) is 0 Å². The third-order valence-electron chi connectivity index (χ3n) is 5.20. The number of carboxylic acids is 4. The third-order valence-corrected chi connectivity index (χ3v) is 5.20. The predicted octanol–water partition coefficient (Wildman–Crippen LogP) is 1.21. The summed E-state index contributed by atoms with van der Waals surface area (Å²) in [5.41, 5.74) is -6.00. The van der Waals surface area contributed by atoms with Gasteiger partial charge in [-0.05, 0) is 41.5 Å². The normalized spacial score (nSPS) is 8.90. The molecule has 268 valence electrons. The molecule has 0 saturated heterocycles. The largest absolute Gasteiger partial charge is 0.478 e. The summed E-state index contributed by atoms with van der Waals surface area (Å²) >= 11 is 0. The van der Waals surface area contributed by atoms with Gasteiger partial charge in [-0.2, -0.15) is 19.2 Å². The second-order valence-electron chi connectivity index (χ2n) is 8.27. The molecule has 0 aliphatic carbocycles. The summed E-state index contributed by atoms with van der Waals surface area (Å²) in [7, 11) is 0. The minimum atomic E-state index is -2.16. The molecule has 0 saturated carbocycles. The molecule has 3 aromatic carbocycles. The number of nitrogens with zero attached hydrogens (tertiary/aromatic N) is 3. The highest BCUT2D eigenvalue weighted by Gasteiger charge is 2.43. The number of nitro benzene ring substituents is 3. The first-order valence-electron chi connectivity index (χ1n) is 12.3. The Hall–Kier alpha value is -7.91. The van der Waals surface area contributed by atoms with E-state index in [4.69, 9.17) is 49.8 Å². The lowest BCUT2D eigenvalue weighted by molar-refractivity contribution is -0.403. The van der Waals surface area contributed by atoms with Crippen molar-refractivity contribution in [2.75, 3.05) is 0 Å². The summed E-state index contributed by atoms with van der Waals surface area (Å²) in [6, 6.07) is 10.1. The van der Waals surface area contributed by atoms with Crippen LogP contribution in [0.4, 0.5) is 17.1 Å². The summed E-state index contributed by atoms with van der Waals surface area (Å²) in [6.45, 7) is -0.233. The number of aliphatic hydroxyl groups excluding tert-OH is 2. The maximum absolute atomic E-state index is 10.9. The van der Waals surface area contributed by atoms with Gasteiger partial charge in [-0.1, -0.05) is 12.1 Å². The number of hydrogen-bond acceptors (Lipinski definition) is 17. The average molecular weight is 721 g/mol. The van der Waals surface area contributed by atoms with Gasteiger partial charge < -0.3 is 30.6 Å². The van der Waals surface area contributed by atoms with Gasteiger partial charge in [0.15, 0.2) is 0 Å². The molecule has 0 spiro atoms. The number of aldehydes is 1. The van der Waals surface area contributed by atoms with E-state index in [-0.39, 0.29) is 42.7 Å². The van der Waals surface area contributed by atoms with E-state index in [1.807, 2.05) is 0 Å². The Bertz CT molecular complexity index is 1780. The van der Waals surface area contributed by atoms with Gasteiger partial charge in [0.2, 0.25) is 11.1 Å². The van der Waals surface area contributed by atoms with Crippen LogP contribution in [-0.4, -0.2) is 87.9 Å². The molecular weight excluding hydrogens is 702 g/mol. The van der Waals surface area contributed by atoms with Crippen molar-refractivity contribution in [3.63, 3.8) is 0 Å². The summed E-state index contributed by atoms with van der Waals surface area (Å²) in [4.78, 5) is 113. The lowest BCUT2D eigenvalue weighted by Gasteiger charge is -2.04. The zero-order valence-corrected chi connectivity index (χ0v) is 24.8. The molecule has 51 heavy (non-hydrogen) atoms. The minimum Gasteiger partial charge on any atom is -0.478 e. The molecule has 0 aliphatic rings. The second-order valence-corrected chi connectivity index (χ2v) is 8.27. The van der Waals surface area contributed by atoms with Crippen LogP contribution in [0.1, 0.15) is 62.9 Å². The van der Waals surface area contributed by atoms with Crippen LogP contribution in [0.3, 0.4) is 0 Å². The highest BCUT2D eigenvalue weighted by Crippen LogP contribution is 2.38. The van der Waals surface area contributed by atoms with Crippen molar-refractivity contribution in [3.05, 3.63) is 118 Å². The van der Waals surface area contributed by atoms with Gasteiger partial charge in [0.25, 0.3) is 11.4 Å². The maximum atomic E-state index is 10.9. The Balaban J connectivity index is 0. The molecule has 0 fully saturated rings. The zero-order chi connectivity index (χ0) is 40.0. The quantitative estimate of drug-likeness (QED) is 0.0972. The first kappa shape index (κ1) is 45.2. The lowest BCUT2D eigenvalue weighted by Crippen LogP contribution is -2.14. The van der Waals surface area contributed by atoms with E-state index in [1.54, 1.807) is 18.2 Å². The van der Waals surface area contributed by atoms with Crippen molar-refractivity contribution in [2.24, 2.45) is 0 Å². The van der Waals surface area contributed by atoms with Gasteiger partial charge in [-0.3, -0.25) is 35.1 Å². The molecular formula is C27H19N3O21. The van der Waals surface area contributed by atoms with Crippen molar-refractivity contribution in [1.82, 2.24) is 0 Å². The van der Waals surface area contributed by atoms with Crippen LogP contribution < -0.4 is 0 Å². The molecule has 24 nitrogen and oxygen atoms in total. The number of carbonyl (C=O) groups excluding carboxylic acids is 5. The summed E-state index contributed by atoms with van der Waals surface area (Å²) in [5, 5.41) is 84.4. The van der Waals surface area contributed by atoms with Gasteiger partial charge in [-0.15, -0.1) is 0 Å². The van der Waals surface area contributed by atoms with E-state index in [2.05, 4.69) is 0 Å². The fourth-order valence-corrected chi connectivity index (χ4v) is 3.36. The number of benzene rings is 3. The Morgan fingerprint density at radius 2 is 0.961 bits per heavy atom. The van der Waals surface area contributed by atoms with Crippen LogP contribution >= 0.6 is 0 Å². The van der Waals surface area contributed by atoms with Crippen LogP contribution in [0, 0.1) is 30.3 Å². The average Bonchev–Trinajstić information content (AvgIpc) is 3.07. The molecule has 3 rings (SSSR count). The van der Waals surface area contributed by atoms with E-state index >= 15 is 0 Å². The Kier molecular flexibility index (Phi) is 20.0. The van der Waals surface area contributed by atoms with Gasteiger partial charge in [0, 0.05) is 5.56 Å². The zero-order valence-electron chi connectivity index (χ0n) is 24.8. The summed E-state index contributed by atoms with van der Waals surface area (Å²) in [5.74, 6) is -6.58. The first-order chi connectivity index (χ1) is 23.8. The van der Waals surface area contributed by atoms with Crippen LogP contribution in [0.15, 0.2) is 48.5 Å². The van der Waals surface area contributed by atoms with Crippen LogP contribution in [0.2, 0.25) is 0 Å². The highest BCUT2D eigenvalue weighted by molar-refractivity contribution is 6.06. The number of aliphatic hydroxyl groups is 2. The number of carbonyl (C=O) groups is 5. The Labute approximate surface area is 279 Å². The van der Waals surface area contributed by atoms with Crippen LogP contribution in [-0.2, 0) is 32.4 Å². The van der Waals surface area contributed by atoms with Gasteiger partial charge >= 0.3 is 41.9 Å². The van der Waals surface area contributed by atoms with Crippen molar-refractivity contribution in [1.29, 1.82) is 0 Å². The number of aromatic carboxylic acids is 4. The molecule has 0 radical (unpaired) electrons. The Morgan fingerprint density at radius 1 is 0.608 bits per heavy atom. The standard InChI is InChI=1S/C9H10O3.C8H3N3O10.C8H6O4.2CO2/c10-4-7-1-8(5-11)3-9(2-7)6-12;12-7(13)4-2(9(16)17)1-3(10(18)19)5(8(14)15)6(4)11(20)21;9-7(10)5-2-1-3-6(4-5)8(11)12;2*2-1-3/h1-4,11-12H,5-6H2;1H,(H,12,13)(H,14,15);1-4H,(H,9,10)(H,11,12);;. The van der Waals surface area contributed by atoms with Crippen molar-refractivity contribution in [3.8, 4) is 0 Å². The smallest absolute Gasteiger partial charge is 0.373 e. The van der Waals surface area contributed by atoms with E-state index in [1.165, 1.54) is 18.2 Å². The van der Waals surface area contributed by atoms with Gasteiger partial charge in [-0.25, -0.2) is 19.2 Å². The van der Waals surface area contributed by atoms with E-state index < -0.39 is 66.8 Å². The van der Waals surface area contributed by atoms with E-state index in [9.17, 15) is 54.3 Å². The van der Waals surface area contributed by atoms with Gasteiger partial charge in [0.05, 0.1) is 45.2 Å². The molecule has 0 aromatic heterocycles. The van der Waals surface area contributed by atoms with Crippen molar-refractivity contribution >= 4 is 59.5 Å². The molecule has 0 atom stereocenters. The Morgan fingerprint density at radius 3 is 1.20 bits per heavy atom. The third kappa shape index (κ3) is 14.6. The molecule has 0 aliphatic heterocycles. The maximum Gasteiger partial charge on any atom is 0.373 e. The second kappa shape index (κ2) is 22.6. The lowest BCUT2D eigenvalue weighted by atomic mass is 10.0. The summed E-state index contributed by atoms with van der Waals surface area (Å²) < 4.78 is 0. The predicted molar refractivity (Wildman–Crippen MR) is 154 cm³/mol. The van der Waals surface area contributed by atoms with Crippen LogP contribution in [0.25, 0.3) is 0 Å². The van der Waals surface area contributed by atoms with Crippen molar-refractivity contribution in [2.45, 2.75) is 13.2 Å². The summed E-state index contributed by atoms with van der Waals surface area (Å²) in [6.07, 6.45) is 1.19. The monoisotopic (exact) mass is 721 g/mol. The molecule has 6 N–H and O–H groups in total. The molecule has 0 amide bonds. The molecule has 3 aromatic rings. The topological polar surface area (TPSA) is 404 Å². The molecule has 0 unspecified atom stereocenters. The molecule has 0 bridgehead atoms. The number of nitro groups is 3. The van der Waals surface area contributed by atoms with Gasteiger partial charge in [0.1, 0.15) is 6.29 Å². The fourth-order valence-electron chi connectivity index (χ4n) is 3.36. The number of rotatable bonds is 10. The van der Waals surface area contributed by atoms with E-state index in [0.717, 1.165) is 6.07 Å².